The quantitative estimate of drug-likeness (QED) is 0.469. The summed E-state index contributed by atoms with van der Waals surface area (Å²) in [4.78, 5) is 31.7. The molecule has 12 heteroatoms. The largest absolute Gasteiger partial charge is 0.416 e. The Morgan fingerprint density at radius 3 is 2.62 bits per heavy atom. The van der Waals surface area contributed by atoms with Crippen LogP contribution in [0, 0.1) is 18.8 Å². The number of aliphatic hydroxyl groups excluding tert-OH is 1. The summed E-state index contributed by atoms with van der Waals surface area (Å²) in [5.74, 6) is 5.59. The highest BCUT2D eigenvalue weighted by atomic mass is 32.2. The van der Waals surface area contributed by atoms with E-state index in [1.165, 1.54) is 11.8 Å². The second-order valence-electron chi connectivity index (χ2n) is 9.41. The highest BCUT2D eigenvalue weighted by Gasteiger charge is 2.31. The molecule has 0 saturated heterocycles. The van der Waals surface area contributed by atoms with Crippen LogP contribution in [0.3, 0.4) is 0 Å². The monoisotopic (exact) mass is 559 g/mol. The molecule has 206 valence electrons. The van der Waals surface area contributed by atoms with Crippen LogP contribution in [0.25, 0.3) is 0 Å². The molecule has 0 unspecified atom stereocenters. The van der Waals surface area contributed by atoms with Gasteiger partial charge in [0.1, 0.15) is 5.82 Å². The van der Waals surface area contributed by atoms with Crippen LogP contribution in [0.1, 0.15) is 52.7 Å². The third kappa shape index (κ3) is 7.46. The van der Waals surface area contributed by atoms with Crippen LogP contribution in [-0.4, -0.2) is 57.0 Å². The van der Waals surface area contributed by atoms with E-state index >= 15 is 0 Å². The third-order valence-electron chi connectivity index (χ3n) is 6.47. The molecule has 2 aliphatic rings. The lowest BCUT2D eigenvalue weighted by atomic mass is 9.92. The lowest BCUT2D eigenvalue weighted by Gasteiger charge is -2.34. The Hall–Kier alpha value is -3.69. The Morgan fingerprint density at radius 1 is 1.15 bits per heavy atom. The molecule has 1 aliphatic heterocycles. The molecule has 1 aliphatic carbocycles. The molecule has 1 aromatic heterocycles. The smallest absolute Gasteiger partial charge is 0.393 e. The normalized spacial score (nSPS) is 19.0. The van der Waals surface area contributed by atoms with Gasteiger partial charge in [0, 0.05) is 31.0 Å². The van der Waals surface area contributed by atoms with E-state index in [9.17, 15) is 27.9 Å². The summed E-state index contributed by atoms with van der Waals surface area (Å²) in [6, 6.07) is 6.42. The maximum absolute atomic E-state index is 13.0. The van der Waals surface area contributed by atoms with Gasteiger partial charge in [0.05, 0.1) is 28.0 Å². The number of hydrazine groups is 1. The molecule has 0 atom stereocenters. The second kappa shape index (κ2) is 12.0. The molecule has 4 rings (SSSR count). The topological polar surface area (TPSA) is 97.8 Å². The molecular formula is C27H28F3N5O3S. The maximum atomic E-state index is 13.0. The highest BCUT2D eigenvalue weighted by molar-refractivity contribution is 8.03. The minimum absolute atomic E-state index is 0.0731. The van der Waals surface area contributed by atoms with E-state index in [0.717, 1.165) is 36.7 Å². The van der Waals surface area contributed by atoms with E-state index in [1.807, 2.05) is 6.92 Å². The van der Waals surface area contributed by atoms with E-state index < -0.39 is 17.6 Å². The van der Waals surface area contributed by atoms with E-state index in [1.54, 1.807) is 41.4 Å². The molecule has 0 bridgehead atoms. The summed E-state index contributed by atoms with van der Waals surface area (Å²) in [6.45, 7) is 1.84. The number of benzene rings is 1. The fourth-order valence-corrected chi connectivity index (χ4v) is 4.99. The van der Waals surface area contributed by atoms with Crippen molar-refractivity contribution in [3.63, 3.8) is 0 Å². The predicted molar refractivity (Wildman–Crippen MR) is 142 cm³/mol. The van der Waals surface area contributed by atoms with Crippen molar-refractivity contribution in [2.75, 3.05) is 18.2 Å². The first kappa shape index (κ1) is 28.3. The Labute approximate surface area is 228 Å². The molecule has 2 aromatic rings. The van der Waals surface area contributed by atoms with Crippen LogP contribution in [0.2, 0.25) is 0 Å². The Balaban J connectivity index is 1.43. The van der Waals surface area contributed by atoms with Crippen LogP contribution < -0.4 is 10.7 Å². The van der Waals surface area contributed by atoms with E-state index in [0.29, 0.717) is 29.2 Å². The molecular weight excluding hydrogens is 531 g/mol. The molecule has 0 spiro atoms. The van der Waals surface area contributed by atoms with Gasteiger partial charge in [0.2, 0.25) is 0 Å². The fraction of sp³-hybridized carbons (Fsp3) is 0.370. The number of carbonyl (C=O) groups is 2. The van der Waals surface area contributed by atoms with Gasteiger partial charge in [0.25, 0.3) is 5.91 Å². The molecule has 1 saturated carbocycles. The standard InChI is InChI=1S/C27H28F3N5O3S/c1-17-3-10-23(25(37)32-24-14-19(11-12-31-24)27(28,29)30)18(13-17)4-9-22-15-35(16-39-22)33-26(38)34(2)20-5-7-21(36)8-6-20/h3,10-15,20-21,36H,5-8,16H2,1-2H3,(H,33,38)(H,31,32,37). The van der Waals surface area contributed by atoms with Crippen LogP contribution in [0.15, 0.2) is 47.6 Å². The predicted octanol–water partition coefficient (Wildman–Crippen LogP) is 4.72. The zero-order valence-corrected chi connectivity index (χ0v) is 22.2. The van der Waals surface area contributed by atoms with Crippen LogP contribution >= 0.6 is 11.8 Å². The summed E-state index contributed by atoms with van der Waals surface area (Å²) in [6.07, 6.45) is 0.696. The first-order valence-corrected chi connectivity index (χ1v) is 13.3. The summed E-state index contributed by atoms with van der Waals surface area (Å²) in [5.41, 5.74) is 3.38. The van der Waals surface area contributed by atoms with Gasteiger partial charge in [-0.3, -0.25) is 9.80 Å². The molecule has 1 fully saturated rings. The molecule has 0 radical (unpaired) electrons. The number of aryl methyl sites for hydroxylation is 1. The van der Waals surface area contributed by atoms with Crippen LogP contribution in [0.4, 0.5) is 23.8 Å². The number of thioether (sulfide) groups is 1. The number of urea groups is 1. The van der Waals surface area contributed by atoms with Gasteiger partial charge in [-0.25, -0.2) is 15.2 Å². The Morgan fingerprint density at radius 2 is 1.90 bits per heavy atom. The molecule has 8 nitrogen and oxygen atoms in total. The van der Waals surface area contributed by atoms with Gasteiger partial charge in [-0.2, -0.15) is 13.2 Å². The number of hydrogen-bond donors (Lipinski definition) is 3. The molecule has 1 aromatic carbocycles. The number of allylic oxidation sites excluding steroid dienone is 1. The minimum atomic E-state index is -4.56. The van der Waals surface area contributed by atoms with Crippen molar-refractivity contribution in [3.8, 4) is 11.8 Å². The lowest BCUT2D eigenvalue weighted by molar-refractivity contribution is -0.137. The molecule has 3 N–H and O–H groups in total. The number of halogens is 3. The van der Waals surface area contributed by atoms with Gasteiger partial charge in [-0.1, -0.05) is 29.7 Å². The third-order valence-corrected chi connectivity index (χ3v) is 7.40. The zero-order valence-electron chi connectivity index (χ0n) is 21.4. The summed E-state index contributed by atoms with van der Waals surface area (Å²) >= 11 is 1.41. The number of nitrogens with one attached hydrogen (secondary N) is 2. The number of aliphatic hydroxyl groups is 1. The second-order valence-corrected chi connectivity index (χ2v) is 10.4. The van der Waals surface area contributed by atoms with Gasteiger partial charge in [0.15, 0.2) is 0 Å². The number of aromatic nitrogens is 1. The van der Waals surface area contributed by atoms with E-state index in [4.69, 9.17) is 0 Å². The number of anilines is 1. The number of pyridine rings is 1. The van der Waals surface area contributed by atoms with E-state index in [-0.39, 0.29) is 29.6 Å². The SMILES string of the molecule is Cc1ccc(C(=O)Nc2cc(C(F)(F)F)ccn2)c(C#CC2=CN(NC(=O)N(C)C3CCC(O)CC3)CS2)c1. The number of amides is 3. The summed E-state index contributed by atoms with van der Waals surface area (Å²) < 4.78 is 39.1. The van der Waals surface area contributed by atoms with Crippen molar-refractivity contribution in [3.05, 3.63) is 69.9 Å². The molecule has 3 amide bonds. The first-order chi connectivity index (χ1) is 18.5. The van der Waals surface area contributed by atoms with Crippen molar-refractivity contribution in [2.45, 2.75) is 50.9 Å². The first-order valence-electron chi connectivity index (χ1n) is 12.3. The number of nitrogens with zero attached hydrogens (tertiary/aromatic N) is 3. The van der Waals surface area contributed by atoms with Crippen LogP contribution in [-0.2, 0) is 6.18 Å². The van der Waals surface area contributed by atoms with Crippen molar-refractivity contribution in [2.24, 2.45) is 0 Å². The Kier molecular flexibility index (Phi) is 8.72. The summed E-state index contributed by atoms with van der Waals surface area (Å²) in [5, 5.41) is 13.7. The minimum Gasteiger partial charge on any atom is -0.393 e. The maximum Gasteiger partial charge on any atom is 0.416 e. The lowest BCUT2D eigenvalue weighted by Crippen LogP contribution is -2.49. The summed E-state index contributed by atoms with van der Waals surface area (Å²) in [7, 11) is 1.74. The van der Waals surface area contributed by atoms with Crippen molar-refractivity contribution < 1.29 is 27.9 Å². The number of rotatable bonds is 4. The molecule has 39 heavy (non-hydrogen) atoms. The Bertz CT molecular complexity index is 1330. The number of carbonyl (C=O) groups excluding carboxylic acids is 2. The van der Waals surface area contributed by atoms with Gasteiger partial charge in [-0.15, -0.1) is 0 Å². The number of alkyl halides is 3. The average Bonchev–Trinajstić information content (AvgIpc) is 3.34. The van der Waals surface area contributed by atoms with Crippen molar-refractivity contribution >= 4 is 29.5 Å². The molecule has 2 heterocycles. The number of hydrogen-bond acceptors (Lipinski definition) is 6. The van der Waals surface area contributed by atoms with Gasteiger partial charge in [-0.05, 0) is 62.4 Å². The zero-order chi connectivity index (χ0) is 28.2. The highest BCUT2D eigenvalue weighted by Crippen LogP contribution is 2.30. The van der Waals surface area contributed by atoms with E-state index in [2.05, 4.69) is 27.6 Å². The van der Waals surface area contributed by atoms with Crippen molar-refractivity contribution in [1.82, 2.24) is 20.3 Å². The fourth-order valence-electron chi connectivity index (χ4n) is 4.25. The van der Waals surface area contributed by atoms with Crippen LogP contribution in [0.5, 0.6) is 0 Å². The van der Waals surface area contributed by atoms with Gasteiger partial charge < -0.3 is 15.3 Å². The average molecular weight is 560 g/mol. The van der Waals surface area contributed by atoms with Crippen molar-refractivity contribution in [1.29, 1.82) is 0 Å². The van der Waals surface area contributed by atoms with Gasteiger partial charge >= 0.3 is 12.2 Å².